The molecule has 6 aromatic rings. The number of para-hydroxylation sites is 2. The van der Waals surface area contributed by atoms with E-state index in [1.54, 1.807) is 0 Å². The van der Waals surface area contributed by atoms with Crippen molar-refractivity contribution in [3.8, 4) is 11.1 Å². The Kier molecular flexibility index (Phi) is 8.75. The molecule has 0 saturated carbocycles. The number of aromatic nitrogens is 2. The Bertz CT molecular complexity index is 2170. The van der Waals surface area contributed by atoms with Crippen LogP contribution in [0.15, 0.2) is 122 Å². The number of anilines is 4. The number of hydrogen-bond donors (Lipinski definition) is 0. The summed E-state index contributed by atoms with van der Waals surface area (Å²) >= 11 is 0. The van der Waals surface area contributed by atoms with Gasteiger partial charge in [0.25, 0.3) is 0 Å². The molecule has 262 valence electrons. The van der Waals surface area contributed by atoms with Crippen molar-refractivity contribution < 1.29 is 0 Å². The first kappa shape index (κ1) is 33.1. The van der Waals surface area contributed by atoms with Crippen LogP contribution in [0.4, 0.5) is 22.7 Å². The molecule has 4 heterocycles. The molecular formula is C49H46N4. The predicted octanol–water partition coefficient (Wildman–Crippen LogP) is 12.1. The molecule has 0 radical (unpaired) electrons. The second-order valence-electron chi connectivity index (χ2n) is 14.7. The monoisotopic (exact) mass is 690 g/mol. The van der Waals surface area contributed by atoms with Crippen LogP contribution < -0.4 is 9.80 Å². The first-order valence-electron chi connectivity index (χ1n) is 19.4. The number of nitrogens with zero attached hydrogens (tertiary/aromatic N) is 4. The number of pyridine rings is 2. The number of aryl methyl sites for hydroxylation is 2. The van der Waals surface area contributed by atoms with Gasteiger partial charge in [0.05, 0.1) is 35.2 Å². The highest BCUT2D eigenvalue weighted by atomic mass is 15.2. The molecule has 0 saturated heterocycles. The molecule has 0 spiro atoms. The van der Waals surface area contributed by atoms with Crippen LogP contribution in [0.3, 0.4) is 0 Å². The Morgan fingerprint density at radius 3 is 1.45 bits per heavy atom. The fourth-order valence-electron chi connectivity index (χ4n) is 9.03. The Morgan fingerprint density at radius 1 is 0.547 bits per heavy atom. The largest absolute Gasteiger partial charge is 0.340 e. The molecule has 2 aromatic heterocycles. The zero-order chi connectivity index (χ0) is 35.8. The molecular weight excluding hydrogens is 645 g/mol. The maximum atomic E-state index is 4.85. The molecule has 0 N–H and O–H groups in total. The average molecular weight is 691 g/mol. The lowest BCUT2D eigenvalue weighted by Crippen LogP contribution is -2.24. The van der Waals surface area contributed by atoms with E-state index in [4.69, 9.17) is 9.97 Å². The van der Waals surface area contributed by atoms with E-state index in [1.165, 1.54) is 55.9 Å². The van der Waals surface area contributed by atoms with E-state index >= 15 is 0 Å². The van der Waals surface area contributed by atoms with Crippen LogP contribution in [-0.2, 0) is 18.3 Å². The summed E-state index contributed by atoms with van der Waals surface area (Å²) in [6.45, 7) is 6.73. The van der Waals surface area contributed by atoms with Gasteiger partial charge in [-0.2, -0.15) is 0 Å². The minimum atomic E-state index is -0.0202. The number of benzene rings is 4. The summed E-state index contributed by atoms with van der Waals surface area (Å²) in [5.41, 5.74) is 17.7. The van der Waals surface area contributed by atoms with Gasteiger partial charge in [0.2, 0.25) is 0 Å². The fraction of sp³-hybridized carbons (Fsp3) is 0.224. The molecule has 4 heteroatoms. The van der Waals surface area contributed by atoms with Crippen molar-refractivity contribution in [1.82, 2.24) is 9.97 Å². The van der Waals surface area contributed by atoms with Crippen molar-refractivity contribution in [3.05, 3.63) is 166 Å². The average Bonchev–Trinajstić information content (AvgIpc) is 3.50. The van der Waals surface area contributed by atoms with Crippen molar-refractivity contribution in [1.29, 1.82) is 0 Å². The van der Waals surface area contributed by atoms with E-state index in [2.05, 4.69) is 157 Å². The van der Waals surface area contributed by atoms with E-state index in [-0.39, 0.29) is 5.41 Å². The second-order valence-corrected chi connectivity index (χ2v) is 14.7. The lowest BCUT2D eigenvalue weighted by molar-refractivity contribution is 0.490. The van der Waals surface area contributed by atoms with Gasteiger partial charge in [-0.15, -0.1) is 0 Å². The molecule has 0 fully saturated rings. The van der Waals surface area contributed by atoms with Gasteiger partial charge in [0.1, 0.15) is 0 Å². The van der Waals surface area contributed by atoms with Crippen molar-refractivity contribution in [2.24, 2.45) is 0 Å². The van der Waals surface area contributed by atoms with Crippen LogP contribution in [0.5, 0.6) is 0 Å². The minimum absolute atomic E-state index is 0.0202. The first-order chi connectivity index (χ1) is 26.1. The molecule has 2 aliphatic heterocycles. The van der Waals surface area contributed by atoms with Crippen LogP contribution in [0.1, 0.15) is 84.3 Å². The molecule has 0 bridgehead atoms. The third-order valence-electron chi connectivity index (χ3n) is 11.9. The minimum Gasteiger partial charge on any atom is -0.340 e. The van der Waals surface area contributed by atoms with Gasteiger partial charge in [-0.1, -0.05) is 98.8 Å². The molecule has 9 rings (SSSR count). The summed E-state index contributed by atoms with van der Waals surface area (Å²) in [5, 5.41) is 0. The molecule has 1 aliphatic carbocycles. The third kappa shape index (κ3) is 6.06. The third-order valence-corrected chi connectivity index (χ3v) is 11.9. The summed E-state index contributed by atoms with van der Waals surface area (Å²) in [6, 6.07) is 40.2. The lowest BCUT2D eigenvalue weighted by atomic mass is 9.73. The highest BCUT2D eigenvalue weighted by molar-refractivity contribution is 5.85. The van der Waals surface area contributed by atoms with E-state index in [9.17, 15) is 0 Å². The van der Waals surface area contributed by atoms with Gasteiger partial charge in [-0.05, 0) is 132 Å². The second kappa shape index (κ2) is 14.0. The van der Waals surface area contributed by atoms with E-state index in [0.29, 0.717) is 0 Å². The quantitative estimate of drug-likeness (QED) is 0.159. The Morgan fingerprint density at radius 2 is 1.02 bits per heavy atom. The van der Waals surface area contributed by atoms with Crippen LogP contribution in [0.25, 0.3) is 35.4 Å². The van der Waals surface area contributed by atoms with Crippen molar-refractivity contribution in [2.45, 2.75) is 57.8 Å². The number of hydrogen-bond acceptors (Lipinski definition) is 4. The van der Waals surface area contributed by atoms with Gasteiger partial charge in [-0.3, -0.25) is 9.97 Å². The normalized spacial score (nSPS) is 15.7. The van der Waals surface area contributed by atoms with Crippen LogP contribution in [0, 0.1) is 0 Å². The van der Waals surface area contributed by atoms with Crippen LogP contribution >= 0.6 is 0 Å². The van der Waals surface area contributed by atoms with Gasteiger partial charge < -0.3 is 9.80 Å². The van der Waals surface area contributed by atoms with E-state index in [1.807, 2.05) is 12.4 Å². The molecule has 0 unspecified atom stereocenters. The topological polar surface area (TPSA) is 32.3 Å². The van der Waals surface area contributed by atoms with E-state index in [0.717, 1.165) is 74.4 Å². The van der Waals surface area contributed by atoms with Crippen molar-refractivity contribution in [2.75, 3.05) is 22.9 Å². The van der Waals surface area contributed by atoms with Crippen molar-refractivity contribution in [3.63, 3.8) is 0 Å². The summed E-state index contributed by atoms with van der Waals surface area (Å²) < 4.78 is 0. The lowest BCUT2D eigenvalue weighted by Gasteiger charge is -2.31. The first-order valence-corrected chi connectivity index (χ1v) is 19.4. The highest BCUT2D eigenvalue weighted by Gasteiger charge is 2.40. The molecule has 3 aliphatic rings. The predicted molar refractivity (Wildman–Crippen MR) is 223 cm³/mol. The maximum absolute atomic E-state index is 4.85. The standard InChI is InChI=1S/C49H46N4/c1-3-49(4-2)45-31-35(17-21-39-23-25-41(33-50-39)52-29-9-13-37-11-5-7-15-47(37)52)19-27-43(45)44-28-20-36(32-46(44)49)18-22-40-24-26-42(34-51-40)53-30-10-14-38-12-6-8-16-48(38)53/h5-8,11-12,15-28,31-34H,3-4,9-10,13-14,29-30H2,1-2H3/b21-17+,22-18+. The molecule has 0 atom stereocenters. The molecule has 4 nitrogen and oxygen atoms in total. The van der Waals surface area contributed by atoms with E-state index < -0.39 is 0 Å². The Hall–Kier alpha value is -5.74. The van der Waals surface area contributed by atoms with Gasteiger partial charge >= 0.3 is 0 Å². The SMILES string of the molecule is CCC1(CC)c2cc(/C=C/c3ccc(N4CCCc5ccccc54)cn3)ccc2-c2ccc(/C=C/c3ccc(N4CCCc5ccccc54)cn3)cc21. The molecule has 0 amide bonds. The summed E-state index contributed by atoms with van der Waals surface area (Å²) in [4.78, 5) is 14.5. The van der Waals surface area contributed by atoms with Crippen LogP contribution in [0.2, 0.25) is 0 Å². The zero-order valence-corrected chi connectivity index (χ0v) is 30.8. The number of rotatable bonds is 8. The number of fused-ring (bicyclic) bond motifs is 5. The summed E-state index contributed by atoms with van der Waals surface area (Å²) in [7, 11) is 0. The highest BCUT2D eigenvalue weighted by Crippen LogP contribution is 2.53. The van der Waals surface area contributed by atoms with Crippen molar-refractivity contribution >= 4 is 47.1 Å². The fourth-order valence-corrected chi connectivity index (χ4v) is 9.03. The van der Waals surface area contributed by atoms with Gasteiger partial charge in [0, 0.05) is 29.9 Å². The molecule has 53 heavy (non-hydrogen) atoms. The van der Waals surface area contributed by atoms with Gasteiger partial charge in [-0.25, -0.2) is 0 Å². The molecule has 4 aromatic carbocycles. The summed E-state index contributed by atoms with van der Waals surface area (Å²) in [6.07, 6.45) is 19.5. The van der Waals surface area contributed by atoms with Crippen LogP contribution in [-0.4, -0.2) is 23.1 Å². The summed E-state index contributed by atoms with van der Waals surface area (Å²) in [5.74, 6) is 0. The smallest absolute Gasteiger partial charge is 0.0631 e. The Labute approximate surface area is 314 Å². The van der Waals surface area contributed by atoms with Gasteiger partial charge in [0.15, 0.2) is 0 Å². The Balaban J connectivity index is 0.930. The maximum Gasteiger partial charge on any atom is 0.0631 e. The zero-order valence-electron chi connectivity index (χ0n) is 30.8.